The Morgan fingerprint density at radius 2 is 1.69 bits per heavy atom. The zero-order valence-corrected chi connectivity index (χ0v) is 20.6. The number of para-hydroxylation sites is 1. The van der Waals surface area contributed by atoms with Crippen LogP contribution in [0.2, 0.25) is 0 Å². The summed E-state index contributed by atoms with van der Waals surface area (Å²) in [6.07, 6.45) is -3.34. The summed E-state index contributed by atoms with van der Waals surface area (Å²) in [5.74, 6) is -1.52. The Labute approximate surface area is 218 Å². The third-order valence-corrected chi connectivity index (χ3v) is 5.65. The fraction of sp³-hybridized carbons (Fsp3) is 0.192. The summed E-state index contributed by atoms with van der Waals surface area (Å²) in [6, 6.07) is 10.9. The molecule has 8 nitrogen and oxygen atoms in total. The smallest absolute Gasteiger partial charge is 0.433 e. The first-order valence-electron chi connectivity index (χ1n) is 11.7. The van der Waals surface area contributed by atoms with Gasteiger partial charge in [-0.05, 0) is 26.0 Å². The molecule has 39 heavy (non-hydrogen) atoms. The summed E-state index contributed by atoms with van der Waals surface area (Å²) in [6.45, 7) is 3.21. The second-order valence-electron chi connectivity index (χ2n) is 8.40. The van der Waals surface area contributed by atoms with Crippen LogP contribution in [0.15, 0.2) is 54.7 Å². The van der Waals surface area contributed by atoms with Gasteiger partial charge in [0.05, 0.1) is 18.7 Å². The number of alkyl halides is 3. The maximum absolute atomic E-state index is 14.8. The zero-order valence-electron chi connectivity index (χ0n) is 20.6. The normalized spacial score (nSPS) is 11.7. The highest BCUT2D eigenvalue weighted by atomic mass is 19.4. The largest absolute Gasteiger partial charge is 0.494 e. The van der Waals surface area contributed by atoms with Crippen molar-refractivity contribution in [2.45, 2.75) is 26.6 Å². The molecule has 0 fully saturated rings. The molecule has 3 heterocycles. The van der Waals surface area contributed by atoms with Crippen molar-refractivity contribution in [1.29, 1.82) is 0 Å². The molecule has 0 unspecified atom stereocenters. The molecule has 0 aliphatic heterocycles. The number of ether oxygens (including phenoxy) is 1. The fourth-order valence-electron chi connectivity index (χ4n) is 3.96. The molecule has 0 saturated heterocycles. The first-order valence-corrected chi connectivity index (χ1v) is 11.7. The molecule has 0 spiro atoms. The van der Waals surface area contributed by atoms with E-state index in [1.165, 1.54) is 16.9 Å². The molecule has 5 rings (SSSR count). The van der Waals surface area contributed by atoms with E-state index < -0.39 is 23.5 Å². The number of hydrogen-bond acceptors (Lipinski definition) is 7. The number of benzene rings is 2. The van der Waals surface area contributed by atoms with Crippen LogP contribution in [0.3, 0.4) is 0 Å². The highest BCUT2D eigenvalue weighted by Gasteiger charge is 2.34. The number of hydrogen-bond donors (Lipinski definition) is 1. The van der Waals surface area contributed by atoms with Crippen molar-refractivity contribution in [2.24, 2.45) is 0 Å². The van der Waals surface area contributed by atoms with E-state index >= 15 is 0 Å². The van der Waals surface area contributed by atoms with Gasteiger partial charge in [0, 0.05) is 35.3 Å². The van der Waals surface area contributed by atoms with Crippen LogP contribution in [-0.2, 0) is 12.7 Å². The van der Waals surface area contributed by atoms with E-state index in [9.17, 15) is 22.0 Å². The van der Waals surface area contributed by atoms with Crippen molar-refractivity contribution < 1.29 is 26.7 Å². The Morgan fingerprint density at radius 1 is 0.949 bits per heavy atom. The van der Waals surface area contributed by atoms with Crippen molar-refractivity contribution in [3.05, 3.63) is 83.4 Å². The maximum Gasteiger partial charge on any atom is 0.433 e. The summed E-state index contributed by atoms with van der Waals surface area (Å²) < 4.78 is 77.4. The van der Waals surface area contributed by atoms with E-state index in [4.69, 9.17) is 4.74 Å². The molecule has 0 aliphatic rings. The second kappa shape index (κ2) is 10.2. The van der Waals surface area contributed by atoms with Crippen molar-refractivity contribution in [1.82, 2.24) is 29.7 Å². The predicted molar refractivity (Wildman–Crippen MR) is 132 cm³/mol. The van der Waals surface area contributed by atoms with Gasteiger partial charge in [0.2, 0.25) is 0 Å². The molecular weight excluding hydrogens is 521 g/mol. The molecule has 2 aromatic carbocycles. The number of aromatic nitrogens is 6. The lowest BCUT2D eigenvalue weighted by atomic mass is 10.1. The van der Waals surface area contributed by atoms with E-state index in [1.807, 2.05) is 0 Å². The van der Waals surface area contributed by atoms with Gasteiger partial charge in [0.25, 0.3) is 0 Å². The second-order valence-corrected chi connectivity index (χ2v) is 8.40. The molecule has 13 heteroatoms. The zero-order chi connectivity index (χ0) is 27.7. The lowest BCUT2D eigenvalue weighted by Crippen LogP contribution is -2.12. The summed E-state index contributed by atoms with van der Waals surface area (Å²) in [5, 5.41) is 7.53. The Bertz CT molecular complexity index is 1650. The van der Waals surface area contributed by atoms with Gasteiger partial charge in [-0.25, -0.2) is 28.7 Å². The van der Waals surface area contributed by atoms with Gasteiger partial charge >= 0.3 is 6.18 Å². The molecule has 0 bridgehead atoms. The number of fused-ring (bicyclic) bond motifs is 1. The molecular formula is C26H20F5N7O. The summed E-state index contributed by atoms with van der Waals surface area (Å²) in [5.41, 5.74) is -1.07. The van der Waals surface area contributed by atoms with Gasteiger partial charge in [-0.1, -0.05) is 18.2 Å². The summed E-state index contributed by atoms with van der Waals surface area (Å²) >= 11 is 0. The van der Waals surface area contributed by atoms with Crippen LogP contribution in [0, 0.1) is 18.6 Å². The van der Waals surface area contributed by atoms with Gasteiger partial charge in [-0.15, -0.1) is 0 Å². The third-order valence-electron chi connectivity index (χ3n) is 5.65. The Kier molecular flexibility index (Phi) is 6.81. The lowest BCUT2D eigenvalue weighted by Gasteiger charge is -2.11. The molecule has 3 aromatic heterocycles. The van der Waals surface area contributed by atoms with Gasteiger partial charge < -0.3 is 10.1 Å². The van der Waals surface area contributed by atoms with Crippen LogP contribution >= 0.6 is 0 Å². The maximum atomic E-state index is 14.8. The third kappa shape index (κ3) is 5.47. The highest BCUT2D eigenvalue weighted by molar-refractivity contribution is 5.91. The highest BCUT2D eigenvalue weighted by Crippen LogP contribution is 2.33. The monoisotopic (exact) mass is 541 g/mol. The molecule has 0 amide bonds. The Morgan fingerprint density at radius 3 is 2.38 bits per heavy atom. The van der Waals surface area contributed by atoms with Crippen LogP contribution in [-0.4, -0.2) is 36.3 Å². The SMILES string of the molecule is CCOc1cc(F)c(Cn2nc(-c3nc(Nc4ccnc(C)n4)cc(C(F)(F)F)n3)c3ccccc32)c(F)c1. The minimum absolute atomic E-state index is 0.00497. The van der Waals surface area contributed by atoms with Gasteiger partial charge in [0.1, 0.15) is 40.5 Å². The average molecular weight is 541 g/mol. The number of anilines is 2. The van der Waals surface area contributed by atoms with E-state index in [1.54, 1.807) is 38.1 Å². The van der Waals surface area contributed by atoms with E-state index in [0.717, 1.165) is 18.2 Å². The average Bonchev–Trinajstić information content (AvgIpc) is 3.24. The van der Waals surface area contributed by atoms with Gasteiger partial charge in [0.15, 0.2) is 11.5 Å². The van der Waals surface area contributed by atoms with Crippen molar-refractivity contribution >= 4 is 22.5 Å². The van der Waals surface area contributed by atoms with Crippen molar-refractivity contribution in [3.8, 4) is 17.3 Å². The van der Waals surface area contributed by atoms with E-state index in [0.29, 0.717) is 16.7 Å². The molecule has 0 aliphatic carbocycles. The number of rotatable bonds is 7. The predicted octanol–water partition coefficient (Wildman–Crippen LogP) is 6.08. The summed E-state index contributed by atoms with van der Waals surface area (Å²) in [4.78, 5) is 16.1. The Hall–Kier alpha value is -4.68. The molecule has 200 valence electrons. The molecule has 0 saturated carbocycles. The van der Waals surface area contributed by atoms with Crippen LogP contribution < -0.4 is 10.1 Å². The number of nitrogens with zero attached hydrogens (tertiary/aromatic N) is 6. The molecule has 1 N–H and O–H groups in total. The van der Waals surface area contributed by atoms with Crippen LogP contribution in [0.4, 0.5) is 33.6 Å². The van der Waals surface area contributed by atoms with Crippen LogP contribution in [0.5, 0.6) is 5.75 Å². The van der Waals surface area contributed by atoms with Crippen LogP contribution in [0.25, 0.3) is 22.4 Å². The minimum Gasteiger partial charge on any atom is -0.494 e. The first kappa shape index (κ1) is 25.9. The first-order chi connectivity index (χ1) is 18.6. The van der Waals surface area contributed by atoms with E-state index in [2.05, 4.69) is 30.4 Å². The van der Waals surface area contributed by atoms with Crippen LogP contribution in [0.1, 0.15) is 24.0 Å². The van der Waals surface area contributed by atoms with E-state index in [-0.39, 0.29) is 47.6 Å². The topological polar surface area (TPSA) is 90.6 Å². The van der Waals surface area contributed by atoms with Crippen molar-refractivity contribution in [3.63, 3.8) is 0 Å². The number of nitrogens with one attached hydrogen (secondary N) is 1. The molecule has 0 atom stereocenters. The van der Waals surface area contributed by atoms with Gasteiger partial charge in [-0.3, -0.25) is 4.68 Å². The van der Waals surface area contributed by atoms with Crippen molar-refractivity contribution in [2.75, 3.05) is 11.9 Å². The number of aryl methyl sites for hydroxylation is 1. The quantitative estimate of drug-likeness (QED) is 0.250. The summed E-state index contributed by atoms with van der Waals surface area (Å²) in [7, 11) is 0. The molecule has 5 aromatic rings. The fourth-order valence-corrected chi connectivity index (χ4v) is 3.96. The minimum atomic E-state index is -4.79. The molecule has 0 radical (unpaired) electrons. The Balaban J connectivity index is 1.61. The lowest BCUT2D eigenvalue weighted by molar-refractivity contribution is -0.141. The standard InChI is InChI=1S/C26H20F5N7O/c1-3-39-15-10-18(27)17(19(28)11-15)13-38-20-7-5-4-6-16(20)24(37-38)25-34-21(26(29,30)31)12-23(36-25)35-22-8-9-32-14(2)33-22/h4-12H,3,13H2,1-2H3,(H,32,33,34,35,36). The van der Waals surface area contributed by atoms with Gasteiger partial charge in [-0.2, -0.15) is 18.3 Å². The number of halogens is 5.